The Bertz CT molecular complexity index is 561. The van der Waals surface area contributed by atoms with Crippen molar-refractivity contribution in [2.45, 2.75) is 31.9 Å². The van der Waals surface area contributed by atoms with Crippen LogP contribution in [0.2, 0.25) is 0 Å². The fourth-order valence-electron chi connectivity index (χ4n) is 2.93. The number of halogens is 4. The van der Waals surface area contributed by atoms with Crippen LogP contribution in [0, 0.1) is 0 Å². The minimum Gasteiger partial charge on any atom is -0.369 e. The Morgan fingerprint density at radius 3 is 2.48 bits per heavy atom. The number of nitrogens with zero attached hydrogens (tertiary/aromatic N) is 2. The lowest BCUT2D eigenvalue weighted by Crippen LogP contribution is -2.46. The van der Waals surface area contributed by atoms with Crippen molar-refractivity contribution in [1.82, 2.24) is 4.90 Å². The summed E-state index contributed by atoms with van der Waals surface area (Å²) in [5, 5.41) is 0. The third-order valence-corrected chi connectivity index (χ3v) is 4.52. The van der Waals surface area contributed by atoms with Gasteiger partial charge in [0.15, 0.2) is 0 Å². The highest BCUT2D eigenvalue weighted by Crippen LogP contribution is 2.31. The zero-order valence-electron chi connectivity index (χ0n) is 13.9. The molecule has 0 N–H and O–H groups in total. The molecule has 0 aromatic heterocycles. The number of carbonyl (C=O) groups is 1. The third kappa shape index (κ3) is 6.40. The fraction of sp³-hybridized carbons (Fsp3) is 0.588. The van der Waals surface area contributed by atoms with Gasteiger partial charge in [0, 0.05) is 38.3 Å². The largest absolute Gasteiger partial charge is 0.416 e. The number of benzene rings is 1. The molecule has 4 nitrogen and oxygen atoms in total. The first-order valence-corrected chi connectivity index (χ1v) is 8.67. The summed E-state index contributed by atoms with van der Waals surface area (Å²) in [5.74, 6) is -0.406. The van der Waals surface area contributed by atoms with Crippen LogP contribution in [0.15, 0.2) is 24.3 Å². The summed E-state index contributed by atoms with van der Waals surface area (Å²) in [4.78, 5) is 15.2. The van der Waals surface area contributed by atoms with E-state index in [4.69, 9.17) is 11.9 Å². The molecule has 0 amide bonds. The number of rotatable bonds is 7. The molecule has 140 valence electrons. The molecular weight excluding hydrogens is 357 g/mol. The molecule has 0 radical (unpaired) electrons. The van der Waals surface area contributed by atoms with Gasteiger partial charge < -0.3 is 9.19 Å². The first kappa shape index (κ1) is 19.8. The van der Waals surface area contributed by atoms with Crippen LogP contribution in [0.25, 0.3) is 0 Å². The maximum Gasteiger partial charge on any atom is 0.416 e. The summed E-state index contributed by atoms with van der Waals surface area (Å²) in [6.45, 7) is 3.98. The van der Waals surface area contributed by atoms with E-state index in [0.29, 0.717) is 25.2 Å². The Morgan fingerprint density at radius 1 is 1.12 bits per heavy atom. The first-order chi connectivity index (χ1) is 11.9. The van der Waals surface area contributed by atoms with E-state index in [0.717, 1.165) is 45.0 Å². The number of carbonyl (C=O) groups excluding carboxylic acids is 1. The molecule has 25 heavy (non-hydrogen) atoms. The molecule has 1 fully saturated rings. The second-order valence-corrected chi connectivity index (χ2v) is 6.29. The average Bonchev–Trinajstić information content (AvgIpc) is 2.61. The molecule has 0 aliphatic carbocycles. The smallest absolute Gasteiger partial charge is 0.369 e. The molecule has 2 rings (SSSR count). The molecular formula is C17H22ClF3N2O2. The Labute approximate surface area is 150 Å². The normalized spacial score (nSPS) is 16.1. The maximum absolute atomic E-state index is 12.8. The molecule has 0 spiro atoms. The molecule has 0 saturated carbocycles. The van der Waals surface area contributed by atoms with Gasteiger partial charge in [0.2, 0.25) is 0 Å². The van der Waals surface area contributed by atoms with Gasteiger partial charge in [0.05, 0.1) is 5.56 Å². The Morgan fingerprint density at radius 2 is 1.84 bits per heavy atom. The topological polar surface area (TPSA) is 32.8 Å². The molecule has 0 bridgehead atoms. The van der Waals surface area contributed by atoms with E-state index < -0.39 is 17.7 Å². The van der Waals surface area contributed by atoms with Crippen LogP contribution in [0.3, 0.4) is 0 Å². The van der Waals surface area contributed by atoms with Crippen molar-refractivity contribution in [3.8, 4) is 0 Å². The number of piperazine rings is 1. The Balaban J connectivity index is 1.72. The van der Waals surface area contributed by atoms with Crippen LogP contribution in [0.4, 0.5) is 18.9 Å². The van der Waals surface area contributed by atoms with E-state index in [-0.39, 0.29) is 0 Å². The van der Waals surface area contributed by atoms with E-state index in [2.05, 4.69) is 9.19 Å². The van der Waals surface area contributed by atoms with Gasteiger partial charge >= 0.3 is 12.1 Å². The zero-order chi connectivity index (χ0) is 18.3. The van der Waals surface area contributed by atoms with Crippen molar-refractivity contribution in [3.05, 3.63) is 29.8 Å². The number of anilines is 1. The minimum atomic E-state index is -4.31. The highest BCUT2D eigenvalue weighted by Gasteiger charge is 2.31. The van der Waals surface area contributed by atoms with Crippen LogP contribution in [-0.4, -0.2) is 43.6 Å². The summed E-state index contributed by atoms with van der Waals surface area (Å²) < 4.78 is 42.5. The van der Waals surface area contributed by atoms with Gasteiger partial charge in [0.1, 0.15) is 11.9 Å². The highest BCUT2D eigenvalue weighted by atomic mass is 35.5. The number of alkyl halides is 3. The molecule has 1 aromatic rings. The van der Waals surface area contributed by atoms with Crippen LogP contribution in [0.5, 0.6) is 0 Å². The number of hydrogen-bond donors (Lipinski definition) is 0. The highest BCUT2D eigenvalue weighted by molar-refractivity contribution is 6.13. The first-order valence-electron chi connectivity index (χ1n) is 8.36. The monoisotopic (exact) mass is 378 g/mol. The number of unbranched alkanes of at least 4 members (excludes halogenated alkanes) is 2. The minimum absolute atomic E-state index is 0.326. The van der Waals surface area contributed by atoms with Crippen molar-refractivity contribution in [1.29, 1.82) is 0 Å². The van der Waals surface area contributed by atoms with Crippen molar-refractivity contribution in [2.75, 3.05) is 37.6 Å². The average molecular weight is 379 g/mol. The van der Waals surface area contributed by atoms with Gasteiger partial charge in [-0.3, -0.25) is 9.69 Å². The quantitative estimate of drug-likeness (QED) is 0.669. The Kier molecular flexibility index (Phi) is 7.38. The molecule has 1 saturated heterocycles. The lowest BCUT2D eigenvalue weighted by Gasteiger charge is -2.36. The van der Waals surface area contributed by atoms with E-state index in [9.17, 15) is 18.0 Å². The van der Waals surface area contributed by atoms with Gasteiger partial charge in [-0.25, -0.2) is 0 Å². The molecule has 1 aromatic carbocycles. The fourth-order valence-corrected chi connectivity index (χ4v) is 3.01. The van der Waals surface area contributed by atoms with Crippen molar-refractivity contribution in [2.24, 2.45) is 0 Å². The van der Waals surface area contributed by atoms with Gasteiger partial charge in [-0.05, 0) is 37.6 Å². The standard InChI is InChI=1S/C17H22ClF3N2O2/c18-25-16(24)7-2-1-3-8-22-9-11-23(12-10-22)15-6-4-5-14(13-15)17(19,20)21/h4-6,13H,1-3,7-12H2. The van der Waals surface area contributed by atoms with E-state index in [1.807, 2.05) is 4.90 Å². The summed E-state index contributed by atoms with van der Waals surface area (Å²) >= 11 is 4.96. The molecule has 0 atom stereocenters. The summed E-state index contributed by atoms with van der Waals surface area (Å²) in [6.07, 6.45) is -1.35. The summed E-state index contributed by atoms with van der Waals surface area (Å²) in [7, 11) is 0. The lowest BCUT2D eigenvalue weighted by atomic mass is 10.1. The molecule has 0 unspecified atom stereocenters. The van der Waals surface area contributed by atoms with E-state index in [1.165, 1.54) is 12.1 Å². The van der Waals surface area contributed by atoms with E-state index >= 15 is 0 Å². The van der Waals surface area contributed by atoms with Crippen LogP contribution in [0.1, 0.15) is 31.2 Å². The Hall–Kier alpha value is -1.47. The van der Waals surface area contributed by atoms with Crippen LogP contribution in [-0.2, 0) is 15.3 Å². The van der Waals surface area contributed by atoms with Gasteiger partial charge in [-0.1, -0.05) is 12.5 Å². The summed E-state index contributed by atoms with van der Waals surface area (Å²) in [6, 6.07) is 5.49. The zero-order valence-corrected chi connectivity index (χ0v) is 14.7. The molecule has 8 heteroatoms. The molecule has 1 heterocycles. The van der Waals surface area contributed by atoms with Crippen molar-refractivity contribution < 1.29 is 22.3 Å². The van der Waals surface area contributed by atoms with Crippen molar-refractivity contribution >= 4 is 23.5 Å². The van der Waals surface area contributed by atoms with Crippen LogP contribution < -0.4 is 4.90 Å². The SMILES string of the molecule is O=C(CCCCCN1CCN(c2cccc(C(F)(F)F)c2)CC1)OCl. The summed E-state index contributed by atoms with van der Waals surface area (Å²) in [5.41, 5.74) is 0.0111. The van der Waals surface area contributed by atoms with Crippen LogP contribution >= 0.6 is 11.9 Å². The number of hydrogen-bond acceptors (Lipinski definition) is 4. The van der Waals surface area contributed by atoms with Crippen molar-refractivity contribution in [3.63, 3.8) is 0 Å². The lowest BCUT2D eigenvalue weighted by molar-refractivity contribution is -0.137. The molecule has 1 aliphatic rings. The second-order valence-electron chi connectivity index (χ2n) is 6.14. The van der Waals surface area contributed by atoms with Gasteiger partial charge in [-0.15, -0.1) is 0 Å². The predicted octanol–water partition coefficient (Wildman–Crippen LogP) is 4.08. The second kappa shape index (κ2) is 9.29. The predicted molar refractivity (Wildman–Crippen MR) is 90.5 cm³/mol. The molecule has 1 aliphatic heterocycles. The van der Waals surface area contributed by atoms with Gasteiger partial charge in [0.25, 0.3) is 0 Å². The maximum atomic E-state index is 12.8. The van der Waals surface area contributed by atoms with Gasteiger partial charge in [-0.2, -0.15) is 13.2 Å². The van der Waals surface area contributed by atoms with E-state index in [1.54, 1.807) is 6.07 Å². The third-order valence-electron chi connectivity index (χ3n) is 4.35.